The highest BCUT2D eigenvalue weighted by atomic mass is 35.5. The molecule has 0 aromatic heterocycles. The molecule has 182 valence electrons. The molecule has 1 aliphatic rings. The Morgan fingerprint density at radius 3 is 2.60 bits per heavy atom. The van der Waals surface area contributed by atoms with E-state index in [1.807, 2.05) is 0 Å². The molecule has 10 heteroatoms. The molecule has 0 radical (unpaired) electrons. The van der Waals surface area contributed by atoms with Gasteiger partial charge in [-0.2, -0.15) is 0 Å². The van der Waals surface area contributed by atoms with Gasteiger partial charge >= 0.3 is 6.16 Å². The Morgan fingerprint density at radius 1 is 1.11 bits per heavy atom. The summed E-state index contributed by atoms with van der Waals surface area (Å²) in [6.07, 6.45) is -1.33. The number of benzene rings is 3. The van der Waals surface area contributed by atoms with Crippen LogP contribution >= 0.6 is 23.2 Å². The summed E-state index contributed by atoms with van der Waals surface area (Å²) in [5, 5.41) is 12.2. The van der Waals surface area contributed by atoms with E-state index in [-0.39, 0.29) is 17.5 Å². The number of fused-ring (bicyclic) bond motifs is 1. The van der Waals surface area contributed by atoms with Crippen LogP contribution in [0.4, 0.5) is 9.18 Å². The highest BCUT2D eigenvalue weighted by Crippen LogP contribution is 2.42. The summed E-state index contributed by atoms with van der Waals surface area (Å²) in [5.74, 6) is 0.444. The second kappa shape index (κ2) is 10.8. The van der Waals surface area contributed by atoms with Crippen molar-refractivity contribution in [3.63, 3.8) is 0 Å². The van der Waals surface area contributed by atoms with Crippen molar-refractivity contribution in [3.05, 3.63) is 87.2 Å². The zero-order valence-electron chi connectivity index (χ0n) is 18.2. The topological polar surface area (TPSA) is 94.1 Å². The monoisotopic (exact) mass is 519 g/mol. The molecule has 2 N–H and O–H groups in total. The van der Waals surface area contributed by atoms with Crippen molar-refractivity contribution < 1.29 is 33.3 Å². The van der Waals surface area contributed by atoms with E-state index in [4.69, 9.17) is 42.5 Å². The number of carboxylic acid groups (broad SMARTS) is 1. The van der Waals surface area contributed by atoms with Crippen molar-refractivity contribution in [2.45, 2.75) is 18.9 Å². The van der Waals surface area contributed by atoms with Crippen LogP contribution in [0.15, 0.2) is 54.6 Å². The first-order chi connectivity index (χ1) is 16.8. The van der Waals surface area contributed by atoms with E-state index in [9.17, 15) is 14.0 Å². The van der Waals surface area contributed by atoms with Crippen LogP contribution < -0.4 is 14.8 Å². The smallest absolute Gasteiger partial charge is 0.493 e. The highest BCUT2D eigenvalue weighted by molar-refractivity contribution is 6.32. The molecule has 0 aliphatic carbocycles. The number of nitrogens with one attached hydrogen (secondary N) is 1. The van der Waals surface area contributed by atoms with Crippen LogP contribution in [0.2, 0.25) is 10.0 Å². The molecule has 0 fully saturated rings. The van der Waals surface area contributed by atoms with Gasteiger partial charge in [0.25, 0.3) is 5.91 Å². The predicted molar refractivity (Wildman–Crippen MR) is 127 cm³/mol. The molecule has 0 spiro atoms. The molecule has 0 saturated carbocycles. The van der Waals surface area contributed by atoms with Gasteiger partial charge in [0.05, 0.1) is 11.6 Å². The molecule has 1 unspecified atom stereocenters. The Morgan fingerprint density at radius 2 is 1.89 bits per heavy atom. The van der Waals surface area contributed by atoms with Crippen molar-refractivity contribution in [2.24, 2.45) is 0 Å². The van der Waals surface area contributed by atoms with Crippen LogP contribution in [0.1, 0.15) is 34.0 Å². The van der Waals surface area contributed by atoms with E-state index in [1.165, 1.54) is 6.07 Å². The van der Waals surface area contributed by atoms with E-state index >= 15 is 0 Å². The molecule has 7 nitrogen and oxygen atoms in total. The van der Waals surface area contributed by atoms with Gasteiger partial charge in [-0.25, -0.2) is 9.18 Å². The molecule has 1 aliphatic heterocycles. The molecule has 35 heavy (non-hydrogen) atoms. The normalized spacial score (nSPS) is 14.4. The zero-order chi connectivity index (χ0) is 24.9. The molecular weight excluding hydrogens is 500 g/mol. The van der Waals surface area contributed by atoms with Crippen molar-refractivity contribution >= 4 is 35.3 Å². The first kappa shape index (κ1) is 24.6. The summed E-state index contributed by atoms with van der Waals surface area (Å²) >= 11 is 12.1. The minimum atomic E-state index is -1.37. The number of carbonyl (C=O) groups excluding carboxylic acids is 1. The molecule has 1 heterocycles. The number of amides is 1. The van der Waals surface area contributed by atoms with E-state index in [0.29, 0.717) is 58.4 Å². The largest absolute Gasteiger partial charge is 0.506 e. The molecule has 1 atom stereocenters. The lowest BCUT2D eigenvalue weighted by Gasteiger charge is -2.25. The predicted octanol–water partition coefficient (Wildman–Crippen LogP) is 6.42. The minimum absolute atomic E-state index is 0.254. The fraction of sp³-hybridized carbons (Fsp3) is 0.200. The summed E-state index contributed by atoms with van der Waals surface area (Å²) in [7, 11) is 0. The maximum atomic E-state index is 13.9. The summed E-state index contributed by atoms with van der Waals surface area (Å²) < 4.78 is 30.2. The first-order valence-corrected chi connectivity index (χ1v) is 11.4. The summed E-state index contributed by atoms with van der Waals surface area (Å²) in [5.41, 5.74) is 1.40. The van der Waals surface area contributed by atoms with Gasteiger partial charge in [0, 0.05) is 35.2 Å². The number of ether oxygens (including phenoxy) is 3. The molecule has 1 amide bonds. The Bertz CT molecular complexity index is 1250. The van der Waals surface area contributed by atoms with Gasteiger partial charge < -0.3 is 24.6 Å². The lowest BCUT2D eigenvalue weighted by molar-refractivity contribution is 0.0326. The Kier molecular flexibility index (Phi) is 7.63. The number of carbonyl (C=O) groups is 2. The fourth-order valence-corrected chi connectivity index (χ4v) is 3.99. The molecule has 4 rings (SSSR count). The second-order valence-corrected chi connectivity index (χ2v) is 8.54. The highest BCUT2D eigenvalue weighted by Gasteiger charge is 2.27. The SMILES string of the molecule is O=C(O)OC1CCOc2cc(Oc3ccc(C(=O)NCCc4ccc(Cl)cc4F)cc3)c(Cl)cc21. The third-order valence-electron chi connectivity index (χ3n) is 5.33. The quantitative estimate of drug-likeness (QED) is 0.350. The van der Waals surface area contributed by atoms with Crippen molar-refractivity contribution in [3.8, 4) is 17.2 Å². The third kappa shape index (κ3) is 6.15. The summed E-state index contributed by atoms with van der Waals surface area (Å²) in [6.45, 7) is 0.549. The van der Waals surface area contributed by atoms with Crippen molar-refractivity contribution in [1.82, 2.24) is 5.32 Å². The standard InChI is InChI=1S/C25H20Cl2FNO6/c26-16-4-1-14(20(28)11-16)7-9-29-24(30)15-2-5-17(6-3-15)34-23-13-22-18(12-19(23)27)21(8-10-33-22)35-25(31)32/h1-6,11-13,21H,7-10H2,(H,29,30)(H,31,32). The lowest BCUT2D eigenvalue weighted by atomic mass is 10.0. The van der Waals surface area contributed by atoms with Gasteiger partial charge in [0.1, 0.15) is 29.2 Å². The van der Waals surface area contributed by atoms with Gasteiger partial charge in [-0.1, -0.05) is 29.3 Å². The fourth-order valence-electron chi connectivity index (χ4n) is 3.62. The maximum Gasteiger partial charge on any atom is 0.506 e. The van der Waals surface area contributed by atoms with Crippen molar-refractivity contribution in [2.75, 3.05) is 13.2 Å². The van der Waals surface area contributed by atoms with Gasteiger partial charge in [-0.05, 0) is 54.4 Å². The van der Waals surface area contributed by atoms with Gasteiger partial charge in [-0.3, -0.25) is 4.79 Å². The van der Waals surface area contributed by atoms with E-state index < -0.39 is 18.1 Å². The first-order valence-electron chi connectivity index (χ1n) is 10.7. The number of hydrogen-bond donors (Lipinski definition) is 2. The van der Waals surface area contributed by atoms with Crippen LogP contribution in [-0.2, 0) is 11.2 Å². The van der Waals surface area contributed by atoms with Gasteiger partial charge in [0.15, 0.2) is 0 Å². The second-order valence-electron chi connectivity index (χ2n) is 7.70. The average molecular weight is 520 g/mol. The van der Waals surface area contributed by atoms with E-state index in [0.717, 1.165) is 0 Å². The lowest BCUT2D eigenvalue weighted by Crippen LogP contribution is -2.25. The van der Waals surface area contributed by atoms with Crippen LogP contribution in [0.25, 0.3) is 0 Å². The Hall–Kier alpha value is -3.49. The van der Waals surface area contributed by atoms with Crippen LogP contribution in [-0.4, -0.2) is 30.3 Å². The third-order valence-corrected chi connectivity index (χ3v) is 5.86. The number of rotatable bonds is 7. The molecular formula is C25H20Cl2FNO6. The zero-order valence-corrected chi connectivity index (χ0v) is 19.7. The van der Waals surface area contributed by atoms with Crippen LogP contribution in [0.3, 0.4) is 0 Å². The summed E-state index contributed by atoms with van der Waals surface area (Å²) in [4.78, 5) is 23.3. The van der Waals surface area contributed by atoms with E-state index in [2.05, 4.69) is 5.32 Å². The Labute approximate surface area is 210 Å². The van der Waals surface area contributed by atoms with Gasteiger partial charge in [-0.15, -0.1) is 0 Å². The number of halogens is 3. The molecule has 3 aromatic carbocycles. The van der Waals surface area contributed by atoms with Crippen molar-refractivity contribution in [1.29, 1.82) is 0 Å². The minimum Gasteiger partial charge on any atom is -0.493 e. The average Bonchev–Trinajstić information content (AvgIpc) is 2.81. The molecule has 0 saturated heterocycles. The summed E-state index contributed by atoms with van der Waals surface area (Å²) in [6, 6.07) is 14.0. The van der Waals surface area contributed by atoms with E-state index in [1.54, 1.807) is 48.5 Å². The Balaban J connectivity index is 1.37. The molecule has 0 bridgehead atoms. The molecule has 3 aromatic rings. The number of hydrogen-bond acceptors (Lipinski definition) is 5. The van der Waals surface area contributed by atoms with Crippen LogP contribution in [0.5, 0.6) is 17.2 Å². The van der Waals surface area contributed by atoms with Crippen LogP contribution in [0, 0.1) is 5.82 Å². The maximum absolute atomic E-state index is 13.9. The van der Waals surface area contributed by atoms with Gasteiger partial charge in [0.2, 0.25) is 0 Å².